The molecule has 2 aliphatic rings. The molecule has 0 radical (unpaired) electrons. The second-order valence-electron chi connectivity index (χ2n) is 5.98. The van der Waals surface area contributed by atoms with Gasteiger partial charge in [0.15, 0.2) is 0 Å². The molecule has 4 rings (SSSR count). The van der Waals surface area contributed by atoms with Crippen molar-refractivity contribution in [3.8, 4) is 6.07 Å². The van der Waals surface area contributed by atoms with E-state index in [1.807, 2.05) is 6.07 Å². The number of nitrogens with zero attached hydrogens (tertiary/aromatic N) is 4. The summed E-state index contributed by atoms with van der Waals surface area (Å²) in [5.74, 6) is -2.68. The summed E-state index contributed by atoms with van der Waals surface area (Å²) in [5.41, 5.74) is -0.164. The molecule has 0 saturated heterocycles. The minimum Gasteiger partial charge on any atom is -0.279 e. The highest BCUT2D eigenvalue weighted by molar-refractivity contribution is 6.35. The molecular formula is C18H8N4O4. The Morgan fingerprint density at radius 1 is 0.885 bits per heavy atom. The van der Waals surface area contributed by atoms with Gasteiger partial charge in [0.2, 0.25) is 5.69 Å². The normalized spacial score (nSPS) is 15.4. The Morgan fingerprint density at radius 2 is 1.38 bits per heavy atom. The predicted octanol–water partition coefficient (Wildman–Crippen LogP) is 1.71. The fraction of sp³-hybridized carbons (Fsp3) is 0.111. The highest BCUT2D eigenvalue weighted by Gasteiger charge is 2.40. The first-order chi connectivity index (χ1) is 12.3. The highest BCUT2D eigenvalue weighted by Crippen LogP contribution is 2.43. The largest absolute Gasteiger partial charge is 0.279 e. The lowest BCUT2D eigenvalue weighted by atomic mass is 9.83. The molecule has 124 valence electrons. The topological polar surface area (TPSA) is 103 Å². The lowest BCUT2D eigenvalue weighted by Crippen LogP contribution is -2.41. The Bertz CT molecular complexity index is 1120. The van der Waals surface area contributed by atoms with E-state index in [-0.39, 0.29) is 44.3 Å². The molecule has 8 nitrogen and oxygen atoms in total. The van der Waals surface area contributed by atoms with E-state index in [1.165, 1.54) is 26.2 Å². The molecule has 0 spiro atoms. The summed E-state index contributed by atoms with van der Waals surface area (Å²) < 4.78 is 0. The van der Waals surface area contributed by atoms with Crippen LogP contribution in [-0.4, -0.2) is 47.5 Å². The number of imide groups is 2. The van der Waals surface area contributed by atoms with Crippen LogP contribution in [0, 0.1) is 17.9 Å². The van der Waals surface area contributed by atoms with E-state index in [1.54, 1.807) is 0 Å². The minimum absolute atomic E-state index is 0.0225. The van der Waals surface area contributed by atoms with Crippen molar-refractivity contribution in [2.75, 3.05) is 14.1 Å². The molecule has 0 atom stereocenters. The summed E-state index contributed by atoms with van der Waals surface area (Å²) in [7, 11) is 2.55. The van der Waals surface area contributed by atoms with Crippen LogP contribution in [-0.2, 0) is 0 Å². The van der Waals surface area contributed by atoms with Crippen molar-refractivity contribution in [3.63, 3.8) is 0 Å². The molecule has 0 aromatic heterocycles. The van der Waals surface area contributed by atoms with Gasteiger partial charge in [-0.3, -0.25) is 29.0 Å². The Hall–Kier alpha value is -4.04. The summed E-state index contributed by atoms with van der Waals surface area (Å²) in [4.78, 5) is 55.4. The summed E-state index contributed by atoms with van der Waals surface area (Å²) >= 11 is 0. The van der Waals surface area contributed by atoms with Gasteiger partial charge in [-0.15, -0.1) is 0 Å². The molecule has 2 heterocycles. The van der Waals surface area contributed by atoms with Crippen molar-refractivity contribution in [3.05, 3.63) is 51.4 Å². The van der Waals surface area contributed by atoms with Crippen LogP contribution < -0.4 is 0 Å². The van der Waals surface area contributed by atoms with E-state index in [2.05, 4.69) is 4.85 Å². The van der Waals surface area contributed by atoms with Gasteiger partial charge >= 0.3 is 0 Å². The summed E-state index contributed by atoms with van der Waals surface area (Å²) in [5, 5.41) is 9.64. The number of nitriles is 1. The van der Waals surface area contributed by atoms with Gasteiger partial charge < -0.3 is 0 Å². The van der Waals surface area contributed by atoms with E-state index >= 15 is 0 Å². The first kappa shape index (κ1) is 15.5. The average Bonchev–Trinajstić information content (AvgIpc) is 2.65. The number of hydrogen-bond donors (Lipinski definition) is 0. The van der Waals surface area contributed by atoms with Gasteiger partial charge in [-0.1, -0.05) is 0 Å². The third-order valence-corrected chi connectivity index (χ3v) is 4.73. The fourth-order valence-electron chi connectivity index (χ4n) is 3.45. The molecular weight excluding hydrogens is 336 g/mol. The van der Waals surface area contributed by atoms with Crippen LogP contribution in [0.25, 0.3) is 15.6 Å². The van der Waals surface area contributed by atoms with E-state index < -0.39 is 23.6 Å². The zero-order valence-corrected chi connectivity index (χ0v) is 13.6. The Morgan fingerprint density at radius 3 is 1.92 bits per heavy atom. The van der Waals surface area contributed by atoms with Crippen LogP contribution in [0.2, 0.25) is 0 Å². The van der Waals surface area contributed by atoms with Crippen LogP contribution in [0.4, 0.5) is 5.69 Å². The van der Waals surface area contributed by atoms with Crippen molar-refractivity contribution in [1.29, 1.82) is 5.26 Å². The molecule has 2 aromatic carbocycles. The standard InChI is InChI=1S/C18H8N4O4/c1-20-10-5-9-12-11(17(25)21(2)16(9)24)7(6-19)4-8-13(12)14(10)18(26)22(3)15(8)23/h4-5H,2-3H3. The average molecular weight is 344 g/mol. The van der Waals surface area contributed by atoms with Gasteiger partial charge in [0, 0.05) is 30.6 Å². The number of carbonyl (C=O) groups is 4. The smallest absolute Gasteiger partial charge is 0.262 e. The maximum absolute atomic E-state index is 12.6. The maximum atomic E-state index is 12.6. The molecule has 0 N–H and O–H groups in total. The van der Waals surface area contributed by atoms with E-state index in [0.717, 1.165) is 9.80 Å². The molecule has 2 aromatic rings. The third kappa shape index (κ3) is 1.55. The number of benzene rings is 2. The van der Waals surface area contributed by atoms with E-state index in [4.69, 9.17) is 6.57 Å². The Labute approximate surface area is 146 Å². The SMILES string of the molecule is [C-]#[N+]c1cc2c3c(c(C#N)cc4c3c1C(=O)N(C)C4=O)C(=O)N(C)C2=O. The third-order valence-electron chi connectivity index (χ3n) is 4.73. The zero-order valence-electron chi connectivity index (χ0n) is 13.6. The summed E-state index contributed by atoms with van der Waals surface area (Å²) in [6.45, 7) is 7.37. The lowest BCUT2D eigenvalue weighted by molar-refractivity contribution is 0.0630. The molecule has 0 bridgehead atoms. The fourth-order valence-corrected chi connectivity index (χ4v) is 3.45. The van der Waals surface area contributed by atoms with Gasteiger partial charge in [0.1, 0.15) is 6.07 Å². The maximum Gasteiger partial charge on any atom is 0.262 e. The van der Waals surface area contributed by atoms with Crippen molar-refractivity contribution in [2.24, 2.45) is 0 Å². The molecule has 0 unspecified atom stereocenters. The van der Waals surface area contributed by atoms with Crippen LogP contribution in [0.5, 0.6) is 0 Å². The molecule has 0 saturated carbocycles. The molecule has 0 aliphatic carbocycles. The predicted molar refractivity (Wildman–Crippen MR) is 87.8 cm³/mol. The zero-order chi connectivity index (χ0) is 18.9. The molecule has 0 fully saturated rings. The van der Waals surface area contributed by atoms with Crippen LogP contribution in [0.1, 0.15) is 47.0 Å². The van der Waals surface area contributed by atoms with E-state index in [0.29, 0.717) is 0 Å². The minimum atomic E-state index is -0.689. The van der Waals surface area contributed by atoms with Crippen molar-refractivity contribution >= 4 is 40.1 Å². The first-order valence-electron chi connectivity index (χ1n) is 7.43. The lowest BCUT2D eigenvalue weighted by Gasteiger charge is -2.30. The van der Waals surface area contributed by atoms with Gasteiger partial charge in [-0.2, -0.15) is 5.26 Å². The Balaban J connectivity index is 2.38. The Kier molecular flexibility index (Phi) is 2.82. The second-order valence-corrected chi connectivity index (χ2v) is 5.98. The molecule has 8 heteroatoms. The quantitative estimate of drug-likeness (QED) is 0.535. The van der Waals surface area contributed by atoms with Gasteiger partial charge in [-0.25, -0.2) is 4.85 Å². The van der Waals surface area contributed by atoms with Crippen molar-refractivity contribution < 1.29 is 19.2 Å². The van der Waals surface area contributed by atoms with Crippen LogP contribution in [0.15, 0.2) is 12.1 Å². The monoisotopic (exact) mass is 344 g/mol. The summed E-state index contributed by atoms with van der Waals surface area (Å²) in [6, 6.07) is 4.37. The number of rotatable bonds is 0. The van der Waals surface area contributed by atoms with E-state index in [9.17, 15) is 24.4 Å². The highest BCUT2D eigenvalue weighted by atomic mass is 16.2. The summed E-state index contributed by atoms with van der Waals surface area (Å²) in [6.07, 6.45) is 0. The van der Waals surface area contributed by atoms with Crippen LogP contribution in [0.3, 0.4) is 0 Å². The molecule has 2 aliphatic heterocycles. The number of hydrogen-bond acceptors (Lipinski definition) is 5. The van der Waals surface area contributed by atoms with Gasteiger partial charge in [-0.05, 0) is 17.5 Å². The molecule has 4 amide bonds. The molecule has 26 heavy (non-hydrogen) atoms. The van der Waals surface area contributed by atoms with Gasteiger partial charge in [0.05, 0.1) is 23.3 Å². The van der Waals surface area contributed by atoms with Crippen LogP contribution >= 0.6 is 0 Å². The second kappa shape index (κ2) is 4.74. The van der Waals surface area contributed by atoms with Crippen molar-refractivity contribution in [1.82, 2.24) is 9.80 Å². The first-order valence-corrected chi connectivity index (χ1v) is 7.43. The number of amides is 4. The van der Waals surface area contributed by atoms with Gasteiger partial charge in [0.25, 0.3) is 23.6 Å². The van der Waals surface area contributed by atoms with Crippen molar-refractivity contribution in [2.45, 2.75) is 0 Å². The number of carbonyl (C=O) groups excluding carboxylic acids is 4.